The van der Waals surface area contributed by atoms with E-state index < -0.39 is 18.1 Å². The number of benzene rings is 9. The van der Waals surface area contributed by atoms with Crippen LogP contribution in [0.2, 0.25) is 0 Å². The maximum Gasteiger partial charge on any atom is 0.141 e. The molecule has 0 fully saturated rings. The highest BCUT2D eigenvalue weighted by Crippen LogP contribution is 2.53. The minimum Gasteiger partial charge on any atom is -0.457 e. The van der Waals surface area contributed by atoms with Crippen LogP contribution in [0.5, 0.6) is 11.5 Å². The maximum absolute atomic E-state index is 15.7. The zero-order valence-electron chi connectivity index (χ0n) is 59.2. The van der Waals surface area contributed by atoms with Gasteiger partial charge in [0.2, 0.25) is 0 Å². The zero-order valence-corrected chi connectivity index (χ0v) is 55.0. The molecule has 5 nitrogen and oxygen atoms in total. The van der Waals surface area contributed by atoms with Gasteiger partial charge in [0.25, 0.3) is 0 Å². The van der Waals surface area contributed by atoms with Crippen molar-refractivity contribution >= 4 is 76.1 Å². The van der Waals surface area contributed by atoms with E-state index in [0.29, 0.717) is 21.8 Å². The molecule has 0 spiro atoms. The third-order valence-corrected chi connectivity index (χ3v) is 20.0. The van der Waals surface area contributed by atoms with E-state index >= 15 is 4.39 Å². The Kier molecular flexibility index (Phi) is 13.2. The van der Waals surface area contributed by atoms with E-state index in [-0.39, 0.29) is 57.2 Å². The van der Waals surface area contributed by atoms with Crippen molar-refractivity contribution in [2.75, 3.05) is 16.5 Å². The predicted molar refractivity (Wildman–Crippen MR) is 379 cm³/mol. The standard InChI is InChI=1S/C82H83FN4OS/c1-16-82(15,17-2)54-40-41-84-72(47-54)87-70-39-38-63-62-30-24-33-67(83)76(62)89-77(63)74(70)64-37-36-58(49-71(64)87)88-59-45-53(73-65(80(9,10)11)31-25-32-66(73)81(12,13)14)44-57(48-59)85-50-86(69-35-22-21-34-68(69)85)75-60(51-26-19-18-20-27-51)28-23-29-61(75)52-42-55(78(3,4)5)46-56(43-52)79(6,7)8/h18-49H,16-17,50H2,1-15H3/i18D,19D,20D,26D,27D. The minimum absolute atomic E-state index is 0.0702. The van der Waals surface area contributed by atoms with Gasteiger partial charge in [-0.1, -0.05) is 219 Å². The van der Waals surface area contributed by atoms with Gasteiger partial charge in [0, 0.05) is 61.4 Å². The molecule has 0 N–H and O–H groups in total. The fourth-order valence-electron chi connectivity index (χ4n) is 13.3. The number of ether oxygens (including phenoxy) is 1. The Morgan fingerprint density at radius 3 is 1.79 bits per heavy atom. The van der Waals surface area contributed by atoms with Gasteiger partial charge in [-0.05, 0) is 151 Å². The van der Waals surface area contributed by atoms with Crippen molar-refractivity contribution in [3.05, 3.63) is 228 Å². The molecule has 1 aliphatic heterocycles. The molecule has 0 bridgehead atoms. The first-order valence-corrected chi connectivity index (χ1v) is 32.2. The van der Waals surface area contributed by atoms with Gasteiger partial charge in [-0.15, -0.1) is 11.3 Å². The lowest BCUT2D eigenvalue weighted by Crippen LogP contribution is -2.25. The monoisotopic (exact) mass is 1200 g/mol. The summed E-state index contributed by atoms with van der Waals surface area (Å²) in [6.07, 6.45) is 3.85. The number of halogens is 1. The first-order valence-electron chi connectivity index (χ1n) is 33.9. The van der Waals surface area contributed by atoms with Gasteiger partial charge in [-0.25, -0.2) is 9.37 Å². The number of fused-ring (bicyclic) bond motifs is 8. The number of aromatic nitrogens is 2. The number of rotatable bonds is 11. The number of nitrogens with zero attached hydrogens (tertiary/aromatic N) is 4. The van der Waals surface area contributed by atoms with Gasteiger partial charge in [-0.3, -0.25) is 4.57 Å². The smallest absolute Gasteiger partial charge is 0.141 e. The molecule has 1 aliphatic rings. The average Bonchev–Trinajstić information content (AvgIpc) is 1.55. The fourth-order valence-corrected chi connectivity index (χ4v) is 14.6. The molecule has 0 aliphatic carbocycles. The van der Waals surface area contributed by atoms with Crippen LogP contribution in [0.3, 0.4) is 0 Å². The van der Waals surface area contributed by atoms with Crippen LogP contribution in [0.1, 0.15) is 151 Å². The molecule has 7 heteroatoms. The van der Waals surface area contributed by atoms with Crippen molar-refractivity contribution in [2.45, 2.75) is 144 Å². The van der Waals surface area contributed by atoms with Crippen LogP contribution in [-0.4, -0.2) is 16.2 Å². The lowest BCUT2D eigenvalue weighted by molar-refractivity contribution is 0.438. The highest BCUT2D eigenvalue weighted by Gasteiger charge is 2.35. The van der Waals surface area contributed by atoms with E-state index in [1.807, 2.05) is 36.5 Å². The Bertz CT molecular complexity index is 4960. The Hall–Kier alpha value is -8.52. The van der Waals surface area contributed by atoms with Gasteiger partial charge < -0.3 is 14.5 Å². The molecule has 12 aromatic rings. The first kappa shape index (κ1) is 53.5. The topological polar surface area (TPSA) is 33.5 Å². The lowest BCUT2D eigenvalue weighted by atomic mass is 9.74. The number of para-hydroxylation sites is 3. The summed E-state index contributed by atoms with van der Waals surface area (Å²) < 4.78 is 72.8. The number of pyridine rings is 1. The maximum atomic E-state index is 15.7. The molecule has 0 unspecified atom stereocenters. The summed E-state index contributed by atoms with van der Waals surface area (Å²) in [5.41, 5.74) is 14.8. The highest BCUT2D eigenvalue weighted by molar-refractivity contribution is 7.26. The van der Waals surface area contributed by atoms with Crippen molar-refractivity contribution in [3.8, 4) is 50.7 Å². The van der Waals surface area contributed by atoms with Crippen LogP contribution in [0.25, 0.3) is 81.2 Å². The van der Waals surface area contributed by atoms with Crippen molar-refractivity contribution in [3.63, 3.8) is 0 Å². The molecule has 4 heterocycles. The Morgan fingerprint density at radius 1 is 0.517 bits per heavy atom. The Labute approximate surface area is 537 Å². The van der Waals surface area contributed by atoms with Crippen LogP contribution in [0.4, 0.5) is 27.1 Å². The largest absolute Gasteiger partial charge is 0.457 e. The molecule has 0 saturated carbocycles. The van der Waals surface area contributed by atoms with Crippen molar-refractivity contribution in [2.24, 2.45) is 0 Å². The van der Waals surface area contributed by atoms with Crippen LogP contribution in [-0.2, 0) is 27.1 Å². The van der Waals surface area contributed by atoms with Crippen molar-refractivity contribution in [1.29, 1.82) is 0 Å². The van der Waals surface area contributed by atoms with Crippen LogP contribution >= 0.6 is 11.3 Å². The Balaban J connectivity index is 1.05. The summed E-state index contributed by atoms with van der Waals surface area (Å²) in [7, 11) is 0. The molecule has 0 atom stereocenters. The summed E-state index contributed by atoms with van der Waals surface area (Å²) in [6, 6.07) is 53.0. The third-order valence-electron chi connectivity index (χ3n) is 18.8. The van der Waals surface area contributed by atoms with E-state index in [1.54, 1.807) is 12.1 Å². The summed E-state index contributed by atoms with van der Waals surface area (Å²) in [6.45, 7) is 34.1. The van der Waals surface area contributed by atoms with Gasteiger partial charge in [-0.2, -0.15) is 0 Å². The highest BCUT2D eigenvalue weighted by atomic mass is 32.1. The molecular weight excluding hydrogens is 1110 g/mol. The van der Waals surface area contributed by atoms with E-state index in [0.717, 1.165) is 112 Å². The van der Waals surface area contributed by atoms with Crippen LogP contribution in [0.15, 0.2) is 194 Å². The molecule has 0 amide bonds. The minimum atomic E-state index is -0.440. The second kappa shape index (κ2) is 21.9. The quantitative estimate of drug-likeness (QED) is 0.129. The first-order chi connectivity index (χ1) is 44.4. The van der Waals surface area contributed by atoms with E-state index in [4.69, 9.17) is 13.8 Å². The number of hydrogen-bond donors (Lipinski definition) is 0. The molecule has 9 aromatic carbocycles. The molecule has 0 saturated heterocycles. The predicted octanol–water partition coefficient (Wildman–Crippen LogP) is 24.0. The van der Waals surface area contributed by atoms with Gasteiger partial charge in [0.1, 0.15) is 29.8 Å². The molecule has 450 valence electrons. The van der Waals surface area contributed by atoms with Gasteiger partial charge in [0.05, 0.1) is 39.6 Å². The third kappa shape index (κ3) is 10.6. The number of thiophene rings is 1. The molecule has 0 radical (unpaired) electrons. The normalized spacial score (nSPS) is 14.2. The summed E-state index contributed by atoms with van der Waals surface area (Å²) >= 11 is 1.49. The Morgan fingerprint density at radius 2 is 1.13 bits per heavy atom. The summed E-state index contributed by atoms with van der Waals surface area (Å²) in [5.74, 6) is 1.80. The van der Waals surface area contributed by atoms with Gasteiger partial charge in [0.15, 0.2) is 0 Å². The average molecular weight is 1200 g/mol. The zero-order chi connectivity index (χ0) is 67.0. The summed E-state index contributed by atoms with van der Waals surface area (Å²) in [5, 5.41) is 3.93. The van der Waals surface area contributed by atoms with Crippen LogP contribution < -0.4 is 14.5 Å². The molecule has 3 aromatic heterocycles. The van der Waals surface area contributed by atoms with E-state index in [1.165, 1.54) is 28.0 Å². The molecule has 13 rings (SSSR count). The molecular formula is C82H83FN4OS. The lowest BCUT2D eigenvalue weighted by Gasteiger charge is -2.31. The second-order valence-electron chi connectivity index (χ2n) is 28.8. The van der Waals surface area contributed by atoms with Gasteiger partial charge >= 0.3 is 0 Å². The van der Waals surface area contributed by atoms with Crippen LogP contribution in [0, 0.1) is 5.82 Å². The SMILES string of the molecule is [2H]c1c([2H])c([2H])c(-c2cccc(-c3cc(C(C)(C)C)cc(C(C)(C)C)c3)c2N2CN(c3cc(Oc4ccc5c6c7sc8c(F)cccc8c7ccc6n(-c6cc(C(C)(CC)CC)ccn6)c5c4)cc(-c4c(C(C)(C)C)cccc4C(C)(C)C)c3)c3ccccc32)c([2H])c1[2H]. The number of hydrogen-bond acceptors (Lipinski definition) is 5. The molecule has 89 heavy (non-hydrogen) atoms. The fraction of sp³-hybridized carbons (Fsp3) is 0.280. The van der Waals surface area contributed by atoms with Crippen molar-refractivity contribution < 1.29 is 16.0 Å². The second-order valence-corrected chi connectivity index (χ2v) is 29.8. The van der Waals surface area contributed by atoms with E-state index in [9.17, 15) is 2.74 Å². The summed E-state index contributed by atoms with van der Waals surface area (Å²) in [4.78, 5) is 9.70. The van der Waals surface area contributed by atoms with Crippen molar-refractivity contribution in [1.82, 2.24) is 9.55 Å². The number of anilines is 4. The van der Waals surface area contributed by atoms with E-state index in [2.05, 4.69) is 233 Å².